The number of hydrogen-bond donors (Lipinski definition) is 1. The number of hydrogen-bond acceptors (Lipinski definition) is 7. The molecule has 0 amide bonds. The molecular formula is C18H18N2O7. The zero-order valence-electron chi connectivity index (χ0n) is 14.7. The van der Waals surface area contributed by atoms with Gasteiger partial charge in [0, 0.05) is 36.4 Å². The predicted molar refractivity (Wildman–Crippen MR) is 96.2 cm³/mol. The molecule has 0 unspecified atom stereocenters. The number of carboxylic acid groups (broad SMARTS) is 1. The summed E-state index contributed by atoms with van der Waals surface area (Å²) in [6.07, 6.45) is 3.44. The molecule has 0 fully saturated rings. The van der Waals surface area contributed by atoms with Gasteiger partial charge in [-0.05, 0) is 25.1 Å². The zero-order valence-corrected chi connectivity index (χ0v) is 14.7. The molecule has 0 atom stereocenters. The molecule has 2 rings (SSSR count). The second kappa shape index (κ2) is 9.30. The van der Waals surface area contributed by atoms with E-state index in [1.54, 1.807) is 32.2 Å². The van der Waals surface area contributed by atoms with Crippen LogP contribution >= 0.6 is 0 Å². The lowest BCUT2D eigenvalue weighted by Crippen LogP contribution is -2.04. The van der Waals surface area contributed by atoms with Gasteiger partial charge in [0.05, 0.1) is 11.5 Å². The van der Waals surface area contributed by atoms with Crippen LogP contribution in [0.1, 0.15) is 11.1 Å². The molecule has 0 aliphatic rings. The Morgan fingerprint density at radius 1 is 1.33 bits per heavy atom. The molecule has 0 aliphatic heterocycles. The number of rotatable bonds is 9. The van der Waals surface area contributed by atoms with E-state index in [4.69, 9.17) is 19.3 Å². The highest BCUT2D eigenvalue weighted by molar-refractivity contribution is 5.86. The van der Waals surface area contributed by atoms with E-state index in [1.807, 2.05) is 0 Å². The second-order valence-corrected chi connectivity index (χ2v) is 5.39. The third-order valence-corrected chi connectivity index (χ3v) is 3.38. The molecule has 1 aromatic heterocycles. The predicted octanol–water partition coefficient (Wildman–Crippen LogP) is 3.21. The Balaban J connectivity index is 2.34. The number of nitro groups is 1. The smallest absolute Gasteiger partial charge is 0.328 e. The Morgan fingerprint density at radius 2 is 2.11 bits per heavy atom. The molecule has 1 aromatic carbocycles. The molecule has 2 aromatic rings. The number of carboxylic acids is 1. The summed E-state index contributed by atoms with van der Waals surface area (Å²) in [6, 6.07) is 6.23. The fraction of sp³-hybridized carbons (Fsp3) is 0.222. The van der Waals surface area contributed by atoms with Crippen molar-refractivity contribution in [2.45, 2.75) is 6.92 Å². The first kappa shape index (κ1) is 19.9. The highest BCUT2D eigenvalue weighted by Crippen LogP contribution is 2.32. The zero-order chi connectivity index (χ0) is 19.8. The first-order valence-electron chi connectivity index (χ1n) is 7.86. The van der Waals surface area contributed by atoms with Crippen LogP contribution in [0.4, 0.5) is 5.69 Å². The van der Waals surface area contributed by atoms with Crippen molar-refractivity contribution in [2.75, 3.05) is 20.3 Å². The Morgan fingerprint density at radius 3 is 2.74 bits per heavy atom. The van der Waals surface area contributed by atoms with Gasteiger partial charge in [0.1, 0.15) is 24.3 Å². The number of nitrogens with zero attached hydrogens (tertiary/aromatic N) is 2. The SMILES string of the molecule is COCCOc1ccc(C=CC(=O)O)c(Oc2ncc([N+](=O)[O-])cc2C)c1. The summed E-state index contributed by atoms with van der Waals surface area (Å²) in [7, 11) is 1.56. The van der Waals surface area contributed by atoms with Crippen LogP contribution in [0.15, 0.2) is 36.5 Å². The molecule has 9 nitrogen and oxygen atoms in total. The fourth-order valence-electron chi connectivity index (χ4n) is 2.09. The van der Waals surface area contributed by atoms with Crippen LogP contribution < -0.4 is 9.47 Å². The summed E-state index contributed by atoms with van der Waals surface area (Å²) in [4.78, 5) is 25.1. The minimum Gasteiger partial charge on any atom is -0.491 e. The van der Waals surface area contributed by atoms with Gasteiger partial charge >= 0.3 is 5.97 Å². The number of aliphatic carboxylic acids is 1. The number of aromatic nitrogens is 1. The molecule has 27 heavy (non-hydrogen) atoms. The van der Waals surface area contributed by atoms with Gasteiger partial charge in [0.15, 0.2) is 0 Å². The normalized spacial score (nSPS) is 10.7. The van der Waals surface area contributed by atoms with Gasteiger partial charge in [0.2, 0.25) is 5.88 Å². The van der Waals surface area contributed by atoms with Crippen LogP contribution in [0.2, 0.25) is 0 Å². The molecule has 9 heteroatoms. The summed E-state index contributed by atoms with van der Waals surface area (Å²) < 4.78 is 16.2. The van der Waals surface area contributed by atoms with Crippen LogP contribution in [-0.2, 0) is 9.53 Å². The topological polar surface area (TPSA) is 121 Å². The van der Waals surface area contributed by atoms with E-state index >= 15 is 0 Å². The average Bonchev–Trinajstić information content (AvgIpc) is 2.62. The van der Waals surface area contributed by atoms with Crippen molar-refractivity contribution >= 4 is 17.7 Å². The van der Waals surface area contributed by atoms with E-state index in [-0.39, 0.29) is 11.6 Å². The van der Waals surface area contributed by atoms with Gasteiger partial charge in [-0.3, -0.25) is 10.1 Å². The number of carbonyl (C=O) groups is 1. The lowest BCUT2D eigenvalue weighted by Gasteiger charge is -2.12. The van der Waals surface area contributed by atoms with Gasteiger partial charge in [-0.1, -0.05) is 0 Å². The summed E-state index contributed by atoms with van der Waals surface area (Å²) in [6.45, 7) is 2.36. The van der Waals surface area contributed by atoms with Crippen molar-refractivity contribution < 1.29 is 29.0 Å². The van der Waals surface area contributed by atoms with E-state index < -0.39 is 10.9 Å². The molecule has 1 heterocycles. The minimum atomic E-state index is -1.11. The van der Waals surface area contributed by atoms with Crippen LogP contribution in [0.3, 0.4) is 0 Å². The first-order valence-corrected chi connectivity index (χ1v) is 7.86. The number of methoxy groups -OCH3 is 1. The summed E-state index contributed by atoms with van der Waals surface area (Å²) in [5, 5.41) is 19.7. The Kier molecular flexibility index (Phi) is 6.84. The van der Waals surface area contributed by atoms with Crippen molar-refractivity contribution in [3.63, 3.8) is 0 Å². The van der Waals surface area contributed by atoms with Gasteiger partial charge in [-0.2, -0.15) is 0 Å². The van der Waals surface area contributed by atoms with E-state index in [0.29, 0.717) is 35.8 Å². The monoisotopic (exact) mass is 374 g/mol. The van der Waals surface area contributed by atoms with E-state index in [0.717, 1.165) is 12.3 Å². The molecule has 142 valence electrons. The maximum atomic E-state index is 10.8. The molecule has 0 bridgehead atoms. The van der Waals surface area contributed by atoms with E-state index in [9.17, 15) is 14.9 Å². The molecular weight excluding hydrogens is 356 g/mol. The Hall–Kier alpha value is -3.46. The lowest BCUT2D eigenvalue weighted by molar-refractivity contribution is -0.385. The standard InChI is InChI=1S/C18H18N2O7/c1-12-9-14(20(23)24)11-19-18(12)27-16-10-15(26-8-7-25-2)5-3-13(16)4-6-17(21)22/h3-6,9-11H,7-8H2,1-2H3,(H,21,22). The van der Waals surface area contributed by atoms with Crippen LogP contribution in [0.25, 0.3) is 6.08 Å². The average molecular weight is 374 g/mol. The molecule has 0 radical (unpaired) electrons. The quantitative estimate of drug-likeness (QED) is 0.307. The minimum absolute atomic E-state index is 0.150. The lowest BCUT2D eigenvalue weighted by atomic mass is 10.1. The van der Waals surface area contributed by atoms with Gasteiger partial charge in [0.25, 0.3) is 5.69 Å². The molecule has 0 saturated carbocycles. The summed E-state index contributed by atoms with van der Waals surface area (Å²) >= 11 is 0. The Bertz CT molecular complexity index is 865. The van der Waals surface area contributed by atoms with Crippen LogP contribution in [-0.4, -0.2) is 41.3 Å². The molecule has 0 saturated heterocycles. The first-order chi connectivity index (χ1) is 12.9. The van der Waals surface area contributed by atoms with Crippen molar-refractivity contribution in [2.24, 2.45) is 0 Å². The number of aryl methyl sites for hydroxylation is 1. The van der Waals surface area contributed by atoms with Crippen molar-refractivity contribution in [3.8, 4) is 17.4 Å². The van der Waals surface area contributed by atoms with Gasteiger partial charge in [-0.15, -0.1) is 0 Å². The van der Waals surface area contributed by atoms with Crippen molar-refractivity contribution in [3.05, 3.63) is 57.8 Å². The third-order valence-electron chi connectivity index (χ3n) is 3.38. The van der Waals surface area contributed by atoms with E-state index in [1.165, 1.54) is 12.1 Å². The van der Waals surface area contributed by atoms with Crippen molar-refractivity contribution in [1.29, 1.82) is 0 Å². The van der Waals surface area contributed by atoms with Crippen LogP contribution in [0.5, 0.6) is 17.4 Å². The third kappa shape index (κ3) is 5.79. The molecule has 0 aliphatic carbocycles. The maximum Gasteiger partial charge on any atom is 0.328 e. The number of pyridine rings is 1. The Labute approximate surface area is 155 Å². The maximum absolute atomic E-state index is 10.8. The van der Waals surface area contributed by atoms with Gasteiger partial charge < -0.3 is 19.3 Å². The molecule has 0 spiro atoms. The van der Waals surface area contributed by atoms with E-state index in [2.05, 4.69) is 4.98 Å². The number of ether oxygens (including phenoxy) is 3. The number of benzene rings is 1. The van der Waals surface area contributed by atoms with Gasteiger partial charge in [-0.25, -0.2) is 9.78 Å². The largest absolute Gasteiger partial charge is 0.491 e. The highest BCUT2D eigenvalue weighted by Gasteiger charge is 2.13. The highest BCUT2D eigenvalue weighted by atomic mass is 16.6. The van der Waals surface area contributed by atoms with Crippen LogP contribution in [0, 0.1) is 17.0 Å². The van der Waals surface area contributed by atoms with Crippen molar-refractivity contribution in [1.82, 2.24) is 4.98 Å². The summed E-state index contributed by atoms with van der Waals surface area (Å²) in [5.74, 6) is -0.147. The fourth-order valence-corrected chi connectivity index (χ4v) is 2.09. The molecule has 1 N–H and O–H groups in total. The summed E-state index contributed by atoms with van der Waals surface area (Å²) in [5.41, 5.74) is 0.793. The second-order valence-electron chi connectivity index (χ2n) is 5.39.